The van der Waals surface area contributed by atoms with E-state index in [9.17, 15) is 0 Å². The number of hydrogen-bond acceptors (Lipinski definition) is 2. The summed E-state index contributed by atoms with van der Waals surface area (Å²) < 4.78 is 0. The Morgan fingerprint density at radius 2 is 2.00 bits per heavy atom. The van der Waals surface area contributed by atoms with E-state index in [-0.39, 0.29) is 5.75 Å². The highest BCUT2D eigenvalue weighted by atomic mass is 16.3. The number of benzene rings is 1. The van der Waals surface area contributed by atoms with Crippen LogP contribution in [-0.4, -0.2) is 18.2 Å². The van der Waals surface area contributed by atoms with E-state index in [0.29, 0.717) is 0 Å². The van der Waals surface area contributed by atoms with Gasteiger partial charge in [-0.2, -0.15) is 0 Å². The second-order valence-electron chi connectivity index (χ2n) is 3.13. The number of phenols is 1. The molecule has 0 unspecified atom stereocenters. The van der Waals surface area contributed by atoms with Crippen LogP contribution in [0.2, 0.25) is 0 Å². The third kappa shape index (κ3) is 1.37. The van der Waals surface area contributed by atoms with Crippen LogP contribution in [0.1, 0.15) is 12.8 Å². The molecule has 2 rings (SSSR count). The molecule has 1 saturated heterocycles. The third-order valence-electron chi connectivity index (χ3n) is 2.23. The molecule has 1 heterocycles. The molecule has 0 aromatic heterocycles. The van der Waals surface area contributed by atoms with Crippen LogP contribution in [0.3, 0.4) is 0 Å². The minimum Gasteiger partial charge on any atom is -0.508 e. The monoisotopic (exact) mass is 162 g/mol. The van der Waals surface area contributed by atoms with E-state index < -0.39 is 0 Å². The first-order valence-corrected chi connectivity index (χ1v) is 4.32. The molecule has 0 atom stereocenters. The Kier molecular flexibility index (Phi) is 1.90. The van der Waals surface area contributed by atoms with Gasteiger partial charge >= 0.3 is 0 Å². The normalized spacial score (nSPS) is 16.8. The summed E-state index contributed by atoms with van der Waals surface area (Å²) in [6.45, 7) is 2.25. The maximum atomic E-state index is 9.05. The number of rotatable bonds is 1. The number of anilines is 1. The highest BCUT2D eigenvalue weighted by Gasteiger charge is 2.11. The molecule has 0 spiro atoms. The molecule has 1 aliphatic rings. The van der Waals surface area contributed by atoms with E-state index in [1.54, 1.807) is 12.1 Å². The molecule has 1 N–H and O–H groups in total. The van der Waals surface area contributed by atoms with Gasteiger partial charge in [0.05, 0.1) is 0 Å². The molecule has 1 aromatic rings. The van der Waals surface area contributed by atoms with E-state index in [2.05, 4.69) is 11.0 Å². The number of nitrogens with zero attached hydrogens (tertiary/aromatic N) is 1. The van der Waals surface area contributed by atoms with Gasteiger partial charge in [-0.05, 0) is 31.0 Å². The summed E-state index contributed by atoms with van der Waals surface area (Å²) in [4.78, 5) is 2.29. The Labute approximate surface area is 72.4 Å². The Balaban J connectivity index is 2.17. The van der Waals surface area contributed by atoms with Crippen molar-refractivity contribution in [1.82, 2.24) is 0 Å². The maximum Gasteiger partial charge on any atom is 0.116 e. The van der Waals surface area contributed by atoms with Crippen LogP contribution in [-0.2, 0) is 0 Å². The molecular formula is C10H12NO. The molecule has 0 amide bonds. The molecule has 0 bridgehead atoms. The predicted octanol–water partition coefficient (Wildman–Crippen LogP) is 1.79. The van der Waals surface area contributed by atoms with Crippen molar-refractivity contribution in [3.8, 4) is 5.75 Å². The Morgan fingerprint density at radius 1 is 1.25 bits per heavy atom. The molecule has 1 fully saturated rings. The fraction of sp³-hybridized carbons (Fsp3) is 0.400. The van der Waals surface area contributed by atoms with Crippen molar-refractivity contribution in [2.75, 3.05) is 18.0 Å². The van der Waals surface area contributed by atoms with Gasteiger partial charge in [0, 0.05) is 24.8 Å². The lowest BCUT2D eigenvalue weighted by Gasteiger charge is -2.16. The zero-order valence-electron chi connectivity index (χ0n) is 6.95. The van der Waals surface area contributed by atoms with Gasteiger partial charge in [0.2, 0.25) is 0 Å². The van der Waals surface area contributed by atoms with Crippen molar-refractivity contribution in [2.24, 2.45) is 0 Å². The molecule has 2 nitrogen and oxygen atoms in total. The van der Waals surface area contributed by atoms with Gasteiger partial charge in [-0.3, -0.25) is 0 Å². The van der Waals surface area contributed by atoms with Crippen molar-refractivity contribution in [2.45, 2.75) is 12.8 Å². The second kappa shape index (κ2) is 3.05. The van der Waals surface area contributed by atoms with Gasteiger partial charge in [-0.15, -0.1) is 0 Å². The summed E-state index contributed by atoms with van der Waals surface area (Å²) in [6, 6.07) is 8.30. The minimum absolute atomic E-state index is 0.290. The Hall–Kier alpha value is -1.18. The summed E-state index contributed by atoms with van der Waals surface area (Å²) >= 11 is 0. The topological polar surface area (TPSA) is 23.5 Å². The predicted molar refractivity (Wildman–Crippen MR) is 48.4 cm³/mol. The highest BCUT2D eigenvalue weighted by Crippen LogP contribution is 2.21. The van der Waals surface area contributed by atoms with Crippen LogP contribution in [0, 0.1) is 6.07 Å². The first-order valence-electron chi connectivity index (χ1n) is 4.32. The van der Waals surface area contributed by atoms with Crippen molar-refractivity contribution in [3.63, 3.8) is 0 Å². The van der Waals surface area contributed by atoms with Crippen molar-refractivity contribution in [1.29, 1.82) is 0 Å². The lowest BCUT2D eigenvalue weighted by Crippen LogP contribution is -2.17. The molecule has 1 aliphatic heterocycles. The lowest BCUT2D eigenvalue weighted by atomic mass is 10.3. The van der Waals surface area contributed by atoms with E-state index in [1.807, 2.05) is 6.07 Å². The van der Waals surface area contributed by atoms with Gasteiger partial charge < -0.3 is 10.0 Å². The maximum absolute atomic E-state index is 9.05. The summed E-state index contributed by atoms with van der Waals surface area (Å²) in [5, 5.41) is 9.05. The highest BCUT2D eigenvalue weighted by molar-refractivity contribution is 5.48. The number of phenolic OH excluding ortho intramolecular Hbond substituents is 1. The zero-order valence-corrected chi connectivity index (χ0v) is 6.95. The lowest BCUT2D eigenvalue weighted by molar-refractivity contribution is 0.475. The molecule has 1 radical (unpaired) electrons. The van der Waals surface area contributed by atoms with Gasteiger partial charge in [-0.1, -0.05) is 0 Å². The number of hydrogen-bond donors (Lipinski definition) is 1. The van der Waals surface area contributed by atoms with Crippen LogP contribution in [0.4, 0.5) is 5.69 Å². The SMILES string of the molecule is Oc1c[c]c(N2CCCC2)cc1. The average molecular weight is 162 g/mol. The molecule has 63 valence electrons. The van der Waals surface area contributed by atoms with Gasteiger partial charge in [0.25, 0.3) is 0 Å². The summed E-state index contributed by atoms with van der Waals surface area (Å²) in [5.74, 6) is 0.290. The van der Waals surface area contributed by atoms with Gasteiger partial charge in [0.15, 0.2) is 0 Å². The number of aromatic hydroxyl groups is 1. The van der Waals surface area contributed by atoms with Crippen molar-refractivity contribution < 1.29 is 5.11 Å². The second-order valence-corrected chi connectivity index (χ2v) is 3.13. The first-order chi connectivity index (χ1) is 5.86. The standard InChI is InChI=1S/C10H12NO/c12-10-5-3-9(4-6-10)11-7-1-2-8-11/h3,5-6,12H,1-2,7-8H2. The summed E-state index contributed by atoms with van der Waals surface area (Å²) in [5.41, 5.74) is 1.10. The smallest absolute Gasteiger partial charge is 0.116 e. The van der Waals surface area contributed by atoms with E-state index in [4.69, 9.17) is 5.11 Å². The zero-order chi connectivity index (χ0) is 8.39. The van der Waals surface area contributed by atoms with Crippen LogP contribution in [0.25, 0.3) is 0 Å². The quantitative estimate of drug-likeness (QED) is 0.680. The van der Waals surface area contributed by atoms with Crippen LogP contribution in [0.5, 0.6) is 5.75 Å². The van der Waals surface area contributed by atoms with Crippen LogP contribution >= 0.6 is 0 Å². The summed E-state index contributed by atoms with van der Waals surface area (Å²) in [6.07, 6.45) is 2.55. The Bertz CT molecular complexity index is 249. The molecule has 12 heavy (non-hydrogen) atoms. The average Bonchev–Trinajstić information content (AvgIpc) is 2.58. The largest absolute Gasteiger partial charge is 0.508 e. The van der Waals surface area contributed by atoms with Crippen LogP contribution < -0.4 is 4.90 Å². The van der Waals surface area contributed by atoms with Gasteiger partial charge in [-0.25, -0.2) is 0 Å². The minimum atomic E-state index is 0.290. The molecule has 1 aromatic carbocycles. The van der Waals surface area contributed by atoms with E-state index >= 15 is 0 Å². The van der Waals surface area contributed by atoms with Gasteiger partial charge in [0.1, 0.15) is 5.75 Å². The molecule has 0 saturated carbocycles. The first kappa shape index (κ1) is 7.47. The molecule has 0 aliphatic carbocycles. The fourth-order valence-corrected chi connectivity index (χ4v) is 1.56. The van der Waals surface area contributed by atoms with Crippen LogP contribution in [0.15, 0.2) is 18.2 Å². The summed E-state index contributed by atoms with van der Waals surface area (Å²) in [7, 11) is 0. The molecule has 2 heteroatoms. The third-order valence-corrected chi connectivity index (χ3v) is 2.23. The van der Waals surface area contributed by atoms with Crippen molar-refractivity contribution in [3.05, 3.63) is 24.3 Å². The van der Waals surface area contributed by atoms with E-state index in [0.717, 1.165) is 18.8 Å². The molecular weight excluding hydrogens is 150 g/mol. The fourth-order valence-electron chi connectivity index (χ4n) is 1.56. The Morgan fingerprint density at radius 3 is 2.58 bits per heavy atom. The van der Waals surface area contributed by atoms with E-state index in [1.165, 1.54) is 12.8 Å². The van der Waals surface area contributed by atoms with Crippen molar-refractivity contribution >= 4 is 5.69 Å².